The van der Waals surface area contributed by atoms with E-state index in [1.54, 1.807) is 10.6 Å². The Hall–Kier alpha value is -2.38. The third-order valence-electron chi connectivity index (χ3n) is 5.86. The van der Waals surface area contributed by atoms with Crippen molar-refractivity contribution in [1.82, 2.24) is 19.8 Å². The molecule has 0 atom stereocenters. The predicted octanol–water partition coefficient (Wildman–Crippen LogP) is 3.97. The topological polar surface area (TPSA) is 75.8 Å². The summed E-state index contributed by atoms with van der Waals surface area (Å²) in [6, 6.07) is 7.64. The molecule has 1 aromatic carbocycles. The van der Waals surface area contributed by atoms with E-state index in [2.05, 4.69) is 31.1 Å². The molecule has 28 heavy (non-hydrogen) atoms. The maximum atomic E-state index is 8.88. The van der Waals surface area contributed by atoms with Gasteiger partial charge in [-0.25, -0.2) is 5.26 Å². The van der Waals surface area contributed by atoms with Gasteiger partial charge in [0.25, 0.3) is 0 Å². The number of aromatic nitrogens is 4. The van der Waals surface area contributed by atoms with Crippen LogP contribution >= 0.6 is 11.6 Å². The van der Waals surface area contributed by atoms with E-state index in [0.29, 0.717) is 22.3 Å². The molecular weight excluding hydrogens is 378 g/mol. The molecule has 1 saturated carbocycles. The van der Waals surface area contributed by atoms with Crippen LogP contribution in [0, 0.1) is 5.92 Å². The first-order valence-electron chi connectivity index (χ1n) is 9.78. The molecular formula is C20H22ClN5O2. The van der Waals surface area contributed by atoms with E-state index in [9.17, 15) is 0 Å². The number of halogens is 1. The van der Waals surface area contributed by atoms with Crippen molar-refractivity contribution in [3.63, 3.8) is 0 Å². The van der Waals surface area contributed by atoms with Crippen LogP contribution in [0.15, 0.2) is 30.5 Å². The van der Waals surface area contributed by atoms with Gasteiger partial charge in [0.05, 0.1) is 11.9 Å². The fraction of sp³-hybridized carbons (Fsp3) is 0.450. The maximum Gasteiger partial charge on any atom is 0.198 e. The van der Waals surface area contributed by atoms with Crippen molar-refractivity contribution in [2.45, 2.75) is 38.0 Å². The highest BCUT2D eigenvalue weighted by Crippen LogP contribution is 2.36. The Kier molecular flexibility index (Phi) is 4.56. The minimum Gasteiger partial charge on any atom is -0.369 e. The van der Waals surface area contributed by atoms with Crippen LogP contribution in [-0.4, -0.2) is 38.2 Å². The second-order valence-corrected chi connectivity index (χ2v) is 8.15. The van der Waals surface area contributed by atoms with Crippen molar-refractivity contribution < 1.29 is 10.1 Å². The first-order chi connectivity index (χ1) is 13.7. The molecule has 3 aromatic rings. The molecule has 146 valence electrons. The van der Waals surface area contributed by atoms with Gasteiger partial charge in [0.15, 0.2) is 17.2 Å². The fourth-order valence-corrected chi connectivity index (χ4v) is 4.35. The Labute approximate surface area is 167 Å². The number of piperidine rings is 1. The summed E-state index contributed by atoms with van der Waals surface area (Å²) in [5.41, 5.74) is 2.75. The van der Waals surface area contributed by atoms with Crippen molar-refractivity contribution in [3.8, 4) is 5.75 Å². The van der Waals surface area contributed by atoms with Gasteiger partial charge < -0.3 is 9.79 Å². The first kappa shape index (κ1) is 17.7. The number of anilines is 1. The second kappa shape index (κ2) is 7.22. The fourth-order valence-electron chi connectivity index (χ4n) is 4.06. The SMILES string of the molecule is OOc1cccc(C2CCN(c3cnn4c(CC5CC5)nnc4c3Cl)CC2)c1. The minimum atomic E-state index is 0.431. The molecule has 0 bridgehead atoms. The molecule has 3 heterocycles. The summed E-state index contributed by atoms with van der Waals surface area (Å²) in [6.45, 7) is 1.77. The summed E-state index contributed by atoms with van der Waals surface area (Å²) in [5.74, 6) is 2.53. The van der Waals surface area contributed by atoms with E-state index in [-0.39, 0.29) is 0 Å². The van der Waals surface area contributed by atoms with E-state index < -0.39 is 0 Å². The molecule has 0 amide bonds. The van der Waals surface area contributed by atoms with Crippen LogP contribution in [0.25, 0.3) is 5.65 Å². The Balaban J connectivity index is 1.33. The van der Waals surface area contributed by atoms with E-state index in [0.717, 1.165) is 49.8 Å². The smallest absolute Gasteiger partial charge is 0.198 e. The van der Waals surface area contributed by atoms with Gasteiger partial charge >= 0.3 is 0 Å². The van der Waals surface area contributed by atoms with Crippen LogP contribution in [0.5, 0.6) is 5.75 Å². The zero-order valence-electron chi connectivity index (χ0n) is 15.5. The minimum absolute atomic E-state index is 0.431. The van der Waals surface area contributed by atoms with Crippen molar-refractivity contribution >= 4 is 22.9 Å². The zero-order chi connectivity index (χ0) is 19.1. The largest absolute Gasteiger partial charge is 0.369 e. The lowest BCUT2D eigenvalue weighted by atomic mass is 9.89. The van der Waals surface area contributed by atoms with Crippen LogP contribution in [0.2, 0.25) is 5.02 Å². The van der Waals surface area contributed by atoms with Crippen molar-refractivity contribution in [3.05, 3.63) is 46.9 Å². The number of fused-ring (bicyclic) bond motifs is 1. The lowest BCUT2D eigenvalue weighted by Crippen LogP contribution is -2.33. The van der Waals surface area contributed by atoms with Gasteiger partial charge in [-0.2, -0.15) is 9.61 Å². The average molecular weight is 400 g/mol. The number of benzene rings is 1. The molecule has 5 rings (SSSR count). The summed E-state index contributed by atoms with van der Waals surface area (Å²) in [5, 5.41) is 22.7. The van der Waals surface area contributed by atoms with Crippen molar-refractivity contribution in [2.24, 2.45) is 5.92 Å². The van der Waals surface area contributed by atoms with Crippen LogP contribution in [-0.2, 0) is 6.42 Å². The summed E-state index contributed by atoms with van der Waals surface area (Å²) in [4.78, 5) is 6.64. The van der Waals surface area contributed by atoms with Gasteiger partial charge in [-0.3, -0.25) is 0 Å². The van der Waals surface area contributed by atoms with Gasteiger partial charge in [-0.1, -0.05) is 23.7 Å². The normalized spacial score (nSPS) is 18.0. The third kappa shape index (κ3) is 3.29. The Morgan fingerprint density at radius 2 is 1.96 bits per heavy atom. The Morgan fingerprint density at radius 1 is 1.14 bits per heavy atom. The highest BCUT2D eigenvalue weighted by molar-refractivity contribution is 6.36. The highest BCUT2D eigenvalue weighted by Gasteiger charge is 2.27. The second-order valence-electron chi connectivity index (χ2n) is 7.77. The van der Waals surface area contributed by atoms with Crippen LogP contribution in [0.3, 0.4) is 0 Å². The Morgan fingerprint density at radius 3 is 2.71 bits per heavy atom. The number of rotatable bonds is 5. The van der Waals surface area contributed by atoms with Crippen LogP contribution in [0.1, 0.15) is 43.0 Å². The summed E-state index contributed by atoms with van der Waals surface area (Å²) in [6.07, 6.45) is 7.29. The molecule has 8 heteroatoms. The number of hydrogen-bond donors (Lipinski definition) is 1. The summed E-state index contributed by atoms with van der Waals surface area (Å²) >= 11 is 6.68. The molecule has 1 aliphatic carbocycles. The van der Waals surface area contributed by atoms with Crippen molar-refractivity contribution in [2.75, 3.05) is 18.0 Å². The monoisotopic (exact) mass is 399 g/mol. The molecule has 2 aliphatic rings. The molecule has 1 N–H and O–H groups in total. The highest BCUT2D eigenvalue weighted by atomic mass is 35.5. The van der Waals surface area contributed by atoms with Crippen LogP contribution < -0.4 is 9.79 Å². The zero-order valence-corrected chi connectivity index (χ0v) is 16.2. The van der Waals surface area contributed by atoms with Crippen LogP contribution in [0.4, 0.5) is 5.69 Å². The summed E-state index contributed by atoms with van der Waals surface area (Å²) < 4.78 is 1.79. The van der Waals surface area contributed by atoms with Gasteiger partial charge in [0.2, 0.25) is 0 Å². The van der Waals surface area contributed by atoms with Gasteiger partial charge in [-0.05, 0) is 55.2 Å². The van der Waals surface area contributed by atoms with Crippen molar-refractivity contribution in [1.29, 1.82) is 0 Å². The quantitative estimate of drug-likeness (QED) is 0.517. The molecule has 2 fully saturated rings. The molecule has 0 radical (unpaired) electrons. The number of nitrogens with zero attached hydrogens (tertiary/aromatic N) is 5. The van der Waals surface area contributed by atoms with E-state index >= 15 is 0 Å². The average Bonchev–Trinajstić information content (AvgIpc) is 3.47. The number of hydrogen-bond acceptors (Lipinski definition) is 6. The van der Waals surface area contributed by atoms with Gasteiger partial charge in [0, 0.05) is 19.5 Å². The van der Waals surface area contributed by atoms with Gasteiger partial charge in [-0.15, -0.1) is 10.2 Å². The first-order valence-corrected chi connectivity index (χ1v) is 10.2. The van der Waals surface area contributed by atoms with E-state index in [1.165, 1.54) is 18.4 Å². The lowest BCUT2D eigenvalue weighted by molar-refractivity contribution is -0.137. The standard InChI is InChI=1S/C20H22ClN5O2/c21-19-17(12-22-26-18(10-13-4-5-13)23-24-20(19)26)25-8-6-14(7-9-25)15-2-1-3-16(11-15)28-27/h1-3,11-14,27H,4-10H2. The predicted molar refractivity (Wildman–Crippen MR) is 106 cm³/mol. The van der Waals surface area contributed by atoms with E-state index in [1.807, 2.05) is 18.3 Å². The lowest BCUT2D eigenvalue weighted by Gasteiger charge is -2.34. The summed E-state index contributed by atoms with van der Waals surface area (Å²) in [7, 11) is 0. The van der Waals surface area contributed by atoms with Gasteiger partial charge in [0.1, 0.15) is 5.02 Å². The third-order valence-corrected chi connectivity index (χ3v) is 6.22. The molecule has 1 saturated heterocycles. The van der Waals surface area contributed by atoms with E-state index in [4.69, 9.17) is 16.9 Å². The molecule has 1 aliphatic heterocycles. The molecule has 0 spiro atoms. The Bertz CT molecular complexity index is 995. The maximum absolute atomic E-state index is 8.88. The molecule has 7 nitrogen and oxygen atoms in total. The molecule has 0 unspecified atom stereocenters. The molecule has 2 aromatic heterocycles.